The molecule has 0 aromatic carbocycles. The summed E-state index contributed by atoms with van der Waals surface area (Å²) >= 11 is 0. The number of carbonyl (C=O) groups is 3. The van der Waals surface area contributed by atoms with Crippen LogP contribution in [-0.2, 0) is 9.59 Å². The first kappa shape index (κ1) is 20.6. The van der Waals surface area contributed by atoms with Crippen LogP contribution in [0.15, 0.2) is 31.1 Å². The maximum Gasteiger partial charge on any atom is 0.327 e. The van der Waals surface area contributed by atoms with E-state index in [0.717, 1.165) is 37.0 Å². The van der Waals surface area contributed by atoms with Gasteiger partial charge >= 0.3 is 6.03 Å². The summed E-state index contributed by atoms with van der Waals surface area (Å²) in [4.78, 5) is 56.9. The van der Waals surface area contributed by atoms with Crippen molar-refractivity contribution >= 4 is 17.8 Å². The van der Waals surface area contributed by atoms with E-state index in [-0.39, 0.29) is 30.4 Å². The molecule has 1 saturated carbocycles. The van der Waals surface area contributed by atoms with Crippen molar-refractivity contribution in [1.29, 1.82) is 0 Å². The molecule has 10 heteroatoms. The predicted octanol–water partition coefficient (Wildman–Crippen LogP) is 1.92. The Morgan fingerprint density at radius 3 is 2.69 bits per heavy atom. The topological polar surface area (TPSA) is 105 Å². The minimum absolute atomic E-state index is 0.226. The SMILES string of the molecule is CN1C(=O)N(CC(=O)N2CCC[C@H]2c2cncc(-n3ccnc3)n2)C(=O)C12CCCCC2. The summed E-state index contributed by atoms with van der Waals surface area (Å²) in [5, 5.41) is 0. The van der Waals surface area contributed by atoms with Gasteiger partial charge in [0.1, 0.15) is 18.4 Å². The van der Waals surface area contributed by atoms with Gasteiger partial charge in [-0.2, -0.15) is 0 Å². The second kappa shape index (κ2) is 7.99. The standard InChI is InChI=1S/C22H27N7O3/c1-26-21(32)29(20(31)22(26)7-3-2-4-8-22)14-19(30)28-10-5-6-17(28)16-12-24-13-18(25-16)27-11-9-23-15-27/h9,11-13,15,17H,2-8,10,14H2,1H3/t17-/m0/s1. The van der Waals surface area contributed by atoms with Crippen molar-refractivity contribution in [2.75, 3.05) is 20.1 Å². The van der Waals surface area contributed by atoms with Crippen molar-refractivity contribution in [3.05, 3.63) is 36.8 Å². The number of likely N-dealkylation sites (tertiary alicyclic amines) is 1. The molecule has 2 aliphatic heterocycles. The van der Waals surface area contributed by atoms with Gasteiger partial charge in [-0.25, -0.2) is 14.8 Å². The van der Waals surface area contributed by atoms with Crippen LogP contribution in [0.25, 0.3) is 5.82 Å². The minimum atomic E-state index is -0.773. The number of carbonyl (C=O) groups excluding carboxylic acids is 3. The fraction of sp³-hybridized carbons (Fsp3) is 0.545. The summed E-state index contributed by atoms with van der Waals surface area (Å²) in [6, 6.07) is -0.601. The van der Waals surface area contributed by atoms with Crippen molar-refractivity contribution in [1.82, 2.24) is 34.2 Å². The van der Waals surface area contributed by atoms with Gasteiger partial charge in [0.05, 0.1) is 24.1 Å². The molecule has 1 aliphatic carbocycles. The van der Waals surface area contributed by atoms with Gasteiger partial charge in [-0.1, -0.05) is 19.3 Å². The Hall–Kier alpha value is -3.30. The first-order valence-corrected chi connectivity index (χ1v) is 11.2. The monoisotopic (exact) mass is 437 g/mol. The van der Waals surface area contributed by atoms with E-state index in [1.54, 1.807) is 52.5 Å². The largest absolute Gasteiger partial charge is 0.332 e. The molecule has 1 spiro atoms. The third-order valence-corrected chi connectivity index (χ3v) is 7.10. The minimum Gasteiger partial charge on any atom is -0.332 e. The van der Waals surface area contributed by atoms with Gasteiger partial charge in [0.15, 0.2) is 5.82 Å². The van der Waals surface area contributed by atoms with Crippen LogP contribution >= 0.6 is 0 Å². The molecule has 10 nitrogen and oxygen atoms in total. The number of imide groups is 1. The van der Waals surface area contributed by atoms with E-state index in [0.29, 0.717) is 30.9 Å². The van der Waals surface area contributed by atoms with E-state index in [4.69, 9.17) is 0 Å². The lowest BCUT2D eigenvalue weighted by molar-refractivity contribution is -0.141. The molecule has 1 atom stereocenters. The number of rotatable bonds is 4. The van der Waals surface area contributed by atoms with Crippen molar-refractivity contribution in [3.63, 3.8) is 0 Å². The lowest BCUT2D eigenvalue weighted by Crippen LogP contribution is -2.49. The Kier molecular flexibility index (Phi) is 5.15. The molecule has 0 unspecified atom stereocenters. The lowest BCUT2D eigenvalue weighted by atomic mass is 9.81. The van der Waals surface area contributed by atoms with Crippen LogP contribution in [0.2, 0.25) is 0 Å². The van der Waals surface area contributed by atoms with Crippen LogP contribution in [0.4, 0.5) is 4.79 Å². The zero-order valence-corrected chi connectivity index (χ0v) is 18.2. The molecule has 0 radical (unpaired) electrons. The molecule has 168 valence electrons. The molecular weight excluding hydrogens is 410 g/mol. The van der Waals surface area contributed by atoms with E-state index < -0.39 is 5.54 Å². The maximum absolute atomic E-state index is 13.3. The first-order valence-electron chi connectivity index (χ1n) is 11.2. The number of hydrogen-bond acceptors (Lipinski definition) is 6. The Labute approximate surface area is 186 Å². The molecule has 2 aromatic heterocycles. The molecule has 0 bridgehead atoms. The van der Waals surface area contributed by atoms with Gasteiger partial charge in [-0.15, -0.1) is 0 Å². The Morgan fingerprint density at radius 2 is 1.94 bits per heavy atom. The van der Waals surface area contributed by atoms with Gasteiger partial charge in [0, 0.05) is 26.0 Å². The second-order valence-electron chi connectivity index (χ2n) is 8.84. The summed E-state index contributed by atoms with van der Waals surface area (Å²) in [6.45, 7) is 0.340. The van der Waals surface area contributed by atoms with Gasteiger partial charge in [-0.05, 0) is 25.7 Å². The Morgan fingerprint density at radius 1 is 1.12 bits per heavy atom. The smallest absolute Gasteiger partial charge is 0.327 e. The molecule has 2 aromatic rings. The van der Waals surface area contributed by atoms with Crippen LogP contribution in [0.1, 0.15) is 56.7 Å². The third-order valence-electron chi connectivity index (χ3n) is 7.10. The molecule has 3 fully saturated rings. The molecule has 5 rings (SSSR count). The fourth-order valence-electron chi connectivity index (χ4n) is 5.32. The predicted molar refractivity (Wildman–Crippen MR) is 114 cm³/mol. The zero-order chi connectivity index (χ0) is 22.3. The summed E-state index contributed by atoms with van der Waals surface area (Å²) in [6.07, 6.45) is 14.3. The summed E-state index contributed by atoms with van der Waals surface area (Å²) in [5.41, 5.74) is -0.0769. The van der Waals surface area contributed by atoms with Crippen molar-refractivity contribution in [2.45, 2.75) is 56.5 Å². The lowest BCUT2D eigenvalue weighted by Gasteiger charge is -2.35. The van der Waals surface area contributed by atoms with E-state index in [1.165, 1.54) is 0 Å². The molecule has 0 N–H and O–H groups in total. The normalized spacial score (nSPS) is 22.9. The Bertz CT molecular complexity index is 1030. The van der Waals surface area contributed by atoms with E-state index in [9.17, 15) is 14.4 Å². The first-order chi connectivity index (χ1) is 15.5. The maximum atomic E-state index is 13.3. The molecule has 4 heterocycles. The highest BCUT2D eigenvalue weighted by molar-refractivity contribution is 6.09. The molecule has 32 heavy (non-hydrogen) atoms. The highest BCUT2D eigenvalue weighted by atomic mass is 16.2. The second-order valence-corrected chi connectivity index (χ2v) is 8.84. The zero-order valence-electron chi connectivity index (χ0n) is 18.2. The highest BCUT2D eigenvalue weighted by Gasteiger charge is 2.56. The average molecular weight is 438 g/mol. The van der Waals surface area contributed by atoms with E-state index in [1.807, 2.05) is 0 Å². The van der Waals surface area contributed by atoms with Crippen molar-refractivity contribution in [3.8, 4) is 5.82 Å². The molecule has 4 amide bonds. The fourth-order valence-corrected chi connectivity index (χ4v) is 5.32. The quantitative estimate of drug-likeness (QED) is 0.677. The van der Waals surface area contributed by atoms with E-state index in [2.05, 4.69) is 15.0 Å². The summed E-state index contributed by atoms with van der Waals surface area (Å²) in [5.74, 6) is 0.172. The number of nitrogens with zero attached hydrogens (tertiary/aromatic N) is 7. The molecule has 2 saturated heterocycles. The van der Waals surface area contributed by atoms with Crippen LogP contribution < -0.4 is 0 Å². The van der Waals surface area contributed by atoms with Crippen LogP contribution in [-0.4, -0.2) is 77.7 Å². The van der Waals surface area contributed by atoms with E-state index >= 15 is 0 Å². The van der Waals surface area contributed by atoms with Crippen molar-refractivity contribution < 1.29 is 14.4 Å². The number of amides is 4. The van der Waals surface area contributed by atoms with Crippen LogP contribution in [0.3, 0.4) is 0 Å². The molecule has 3 aliphatic rings. The number of aromatic nitrogens is 4. The summed E-state index contributed by atoms with van der Waals surface area (Å²) in [7, 11) is 1.69. The third kappa shape index (κ3) is 3.25. The van der Waals surface area contributed by atoms with Gasteiger partial charge in [0.2, 0.25) is 5.91 Å². The molecular formula is C22H27N7O3. The van der Waals surface area contributed by atoms with Gasteiger partial charge < -0.3 is 9.80 Å². The Balaban J connectivity index is 1.34. The average Bonchev–Trinajstić information content (AvgIpc) is 3.56. The van der Waals surface area contributed by atoms with Crippen molar-refractivity contribution in [2.24, 2.45) is 0 Å². The number of imidazole rings is 1. The number of hydrogen-bond donors (Lipinski definition) is 0. The highest BCUT2D eigenvalue weighted by Crippen LogP contribution is 2.39. The number of urea groups is 1. The van der Waals surface area contributed by atoms with Crippen LogP contribution in [0.5, 0.6) is 0 Å². The van der Waals surface area contributed by atoms with Gasteiger partial charge in [0.25, 0.3) is 5.91 Å². The van der Waals surface area contributed by atoms with Crippen LogP contribution in [0, 0.1) is 0 Å². The summed E-state index contributed by atoms with van der Waals surface area (Å²) < 4.78 is 1.76. The number of likely N-dealkylation sites (N-methyl/N-ethyl adjacent to an activating group) is 1. The van der Waals surface area contributed by atoms with Gasteiger partial charge in [-0.3, -0.25) is 24.0 Å².